The van der Waals surface area contributed by atoms with E-state index in [1.165, 1.54) is 14.0 Å². The standard InChI is InChI=1S/C18H18N4O3S/c1-12(23)20-15-7-3-13(4-8-15)11-19-22-18(26)21-16-9-5-14(6-10-16)17(24)25-2/h3-11H,1-2H3,(H,20,23)(H2,21,22,26)/b19-11+. The molecule has 0 aliphatic carbocycles. The van der Waals surface area contributed by atoms with Crippen LogP contribution in [0.5, 0.6) is 0 Å². The van der Waals surface area contributed by atoms with Gasteiger partial charge in [-0.2, -0.15) is 5.10 Å². The number of rotatable bonds is 5. The van der Waals surface area contributed by atoms with Gasteiger partial charge in [0.1, 0.15) is 0 Å². The van der Waals surface area contributed by atoms with E-state index in [-0.39, 0.29) is 5.91 Å². The van der Waals surface area contributed by atoms with Crippen LogP contribution in [0.25, 0.3) is 0 Å². The molecule has 1 amide bonds. The van der Waals surface area contributed by atoms with Crippen molar-refractivity contribution in [1.29, 1.82) is 0 Å². The molecule has 2 aromatic carbocycles. The Kier molecular flexibility index (Phi) is 6.81. The lowest BCUT2D eigenvalue weighted by Crippen LogP contribution is -2.23. The molecule has 0 radical (unpaired) electrons. The Morgan fingerprint density at radius 1 is 1.00 bits per heavy atom. The van der Waals surface area contributed by atoms with E-state index in [1.54, 1.807) is 42.6 Å². The van der Waals surface area contributed by atoms with Gasteiger partial charge in [0.2, 0.25) is 5.91 Å². The van der Waals surface area contributed by atoms with Gasteiger partial charge in [0.25, 0.3) is 0 Å². The summed E-state index contributed by atoms with van der Waals surface area (Å²) in [5.74, 6) is -0.518. The maximum atomic E-state index is 11.4. The zero-order valence-corrected chi connectivity index (χ0v) is 15.1. The number of nitrogens with one attached hydrogen (secondary N) is 3. The van der Waals surface area contributed by atoms with Gasteiger partial charge in [-0.3, -0.25) is 10.2 Å². The topological polar surface area (TPSA) is 91.8 Å². The Morgan fingerprint density at radius 3 is 2.15 bits per heavy atom. The maximum absolute atomic E-state index is 11.4. The van der Waals surface area contributed by atoms with E-state index in [2.05, 4.69) is 25.9 Å². The lowest BCUT2D eigenvalue weighted by Gasteiger charge is -2.07. The SMILES string of the molecule is COC(=O)c1ccc(NC(=S)N/N=C/c2ccc(NC(C)=O)cc2)cc1. The van der Waals surface area contributed by atoms with Gasteiger partial charge in [-0.05, 0) is 54.2 Å². The molecular formula is C18H18N4O3S. The minimum Gasteiger partial charge on any atom is -0.465 e. The van der Waals surface area contributed by atoms with Gasteiger partial charge in [-0.1, -0.05) is 12.1 Å². The van der Waals surface area contributed by atoms with E-state index < -0.39 is 5.97 Å². The van der Waals surface area contributed by atoms with Crippen molar-refractivity contribution >= 4 is 46.8 Å². The van der Waals surface area contributed by atoms with E-state index >= 15 is 0 Å². The van der Waals surface area contributed by atoms with Crippen molar-refractivity contribution in [3.63, 3.8) is 0 Å². The molecule has 134 valence electrons. The van der Waals surface area contributed by atoms with Crippen LogP contribution in [-0.2, 0) is 9.53 Å². The second kappa shape index (κ2) is 9.28. The summed E-state index contributed by atoms with van der Waals surface area (Å²) in [4.78, 5) is 22.3. The van der Waals surface area contributed by atoms with Crippen molar-refractivity contribution in [3.05, 3.63) is 59.7 Å². The largest absolute Gasteiger partial charge is 0.465 e. The van der Waals surface area contributed by atoms with Gasteiger partial charge in [0.05, 0.1) is 18.9 Å². The number of hydrogen-bond donors (Lipinski definition) is 3. The summed E-state index contributed by atoms with van der Waals surface area (Å²) in [7, 11) is 1.33. The van der Waals surface area contributed by atoms with E-state index in [0.717, 1.165) is 11.3 Å². The van der Waals surface area contributed by atoms with Crippen molar-refractivity contribution in [3.8, 4) is 0 Å². The molecule has 26 heavy (non-hydrogen) atoms. The summed E-state index contributed by atoms with van der Waals surface area (Å²) in [5.41, 5.74) is 5.43. The van der Waals surface area contributed by atoms with Crippen LogP contribution in [0.2, 0.25) is 0 Å². The minimum absolute atomic E-state index is 0.121. The summed E-state index contributed by atoms with van der Waals surface area (Å²) < 4.78 is 4.64. The summed E-state index contributed by atoms with van der Waals surface area (Å²) in [6, 6.07) is 13.9. The third-order valence-electron chi connectivity index (χ3n) is 3.17. The number of amides is 1. The van der Waals surface area contributed by atoms with E-state index in [9.17, 15) is 9.59 Å². The normalized spacial score (nSPS) is 10.2. The molecule has 0 saturated carbocycles. The third-order valence-corrected chi connectivity index (χ3v) is 3.37. The van der Waals surface area contributed by atoms with Crippen LogP contribution in [-0.4, -0.2) is 30.3 Å². The lowest BCUT2D eigenvalue weighted by molar-refractivity contribution is -0.114. The smallest absolute Gasteiger partial charge is 0.337 e. The highest BCUT2D eigenvalue weighted by Gasteiger charge is 2.04. The lowest BCUT2D eigenvalue weighted by atomic mass is 10.2. The first-order valence-electron chi connectivity index (χ1n) is 7.64. The summed E-state index contributed by atoms with van der Waals surface area (Å²) >= 11 is 5.15. The van der Waals surface area contributed by atoms with Crippen LogP contribution in [0, 0.1) is 0 Å². The first-order valence-corrected chi connectivity index (χ1v) is 8.05. The number of anilines is 2. The number of benzene rings is 2. The fourth-order valence-electron chi connectivity index (χ4n) is 1.99. The molecule has 0 aromatic heterocycles. The monoisotopic (exact) mass is 370 g/mol. The van der Waals surface area contributed by atoms with Gasteiger partial charge in [-0.25, -0.2) is 4.79 Å². The summed E-state index contributed by atoms with van der Waals surface area (Å²) in [6.07, 6.45) is 1.60. The zero-order valence-electron chi connectivity index (χ0n) is 14.3. The average Bonchev–Trinajstić information content (AvgIpc) is 2.62. The number of esters is 1. The maximum Gasteiger partial charge on any atom is 0.337 e. The quantitative estimate of drug-likeness (QED) is 0.324. The van der Waals surface area contributed by atoms with Gasteiger partial charge < -0.3 is 15.4 Å². The highest BCUT2D eigenvalue weighted by Crippen LogP contribution is 2.10. The number of carbonyl (C=O) groups is 2. The van der Waals surface area contributed by atoms with Crippen molar-refractivity contribution in [2.45, 2.75) is 6.92 Å². The van der Waals surface area contributed by atoms with E-state index in [0.29, 0.717) is 16.4 Å². The molecule has 0 fully saturated rings. The zero-order chi connectivity index (χ0) is 18.9. The van der Waals surface area contributed by atoms with Crippen LogP contribution in [0.1, 0.15) is 22.8 Å². The van der Waals surface area contributed by atoms with Gasteiger partial charge >= 0.3 is 5.97 Å². The third kappa shape index (κ3) is 5.99. The van der Waals surface area contributed by atoms with Crippen LogP contribution in [0.4, 0.5) is 11.4 Å². The molecule has 0 aliphatic heterocycles. The number of hydrogen-bond acceptors (Lipinski definition) is 5. The first kappa shape index (κ1) is 19.1. The first-order chi connectivity index (χ1) is 12.5. The molecular weight excluding hydrogens is 352 g/mol. The average molecular weight is 370 g/mol. The number of thiocarbonyl (C=S) groups is 1. The molecule has 0 unspecified atom stereocenters. The number of methoxy groups -OCH3 is 1. The fraction of sp³-hybridized carbons (Fsp3) is 0.111. The number of nitrogens with zero attached hydrogens (tertiary/aromatic N) is 1. The van der Waals surface area contributed by atoms with Crippen LogP contribution in [0.15, 0.2) is 53.6 Å². The Balaban J connectivity index is 1.85. The highest BCUT2D eigenvalue weighted by atomic mass is 32.1. The van der Waals surface area contributed by atoms with Crippen molar-refractivity contribution < 1.29 is 14.3 Å². The van der Waals surface area contributed by atoms with Crippen molar-refractivity contribution in [1.82, 2.24) is 5.43 Å². The minimum atomic E-state index is -0.397. The molecule has 0 spiro atoms. The Hall–Kier alpha value is -3.26. The molecule has 8 heteroatoms. The van der Waals surface area contributed by atoms with Crippen molar-refractivity contribution in [2.75, 3.05) is 17.7 Å². The molecule has 7 nitrogen and oxygen atoms in total. The highest BCUT2D eigenvalue weighted by molar-refractivity contribution is 7.80. The molecule has 0 saturated heterocycles. The van der Waals surface area contributed by atoms with Gasteiger partial charge in [0.15, 0.2) is 5.11 Å². The summed E-state index contributed by atoms with van der Waals surface area (Å²) in [6.45, 7) is 1.45. The molecule has 0 aliphatic rings. The summed E-state index contributed by atoms with van der Waals surface area (Å²) in [5, 5.41) is 9.99. The Morgan fingerprint density at radius 2 is 1.58 bits per heavy atom. The van der Waals surface area contributed by atoms with Crippen LogP contribution >= 0.6 is 12.2 Å². The second-order valence-corrected chi connectivity index (χ2v) is 5.60. The molecule has 2 aromatic rings. The molecule has 2 rings (SSSR count). The molecule has 0 heterocycles. The van der Waals surface area contributed by atoms with Gasteiger partial charge in [0, 0.05) is 18.3 Å². The van der Waals surface area contributed by atoms with E-state index in [4.69, 9.17) is 12.2 Å². The second-order valence-electron chi connectivity index (χ2n) is 5.20. The Bertz CT molecular complexity index is 817. The predicted molar refractivity (Wildman–Crippen MR) is 105 cm³/mol. The number of carbonyl (C=O) groups excluding carboxylic acids is 2. The Labute approximate surface area is 156 Å². The van der Waals surface area contributed by atoms with Crippen LogP contribution in [0.3, 0.4) is 0 Å². The predicted octanol–water partition coefficient (Wildman–Crippen LogP) is 2.75. The van der Waals surface area contributed by atoms with Crippen molar-refractivity contribution in [2.24, 2.45) is 5.10 Å². The fourth-order valence-corrected chi connectivity index (χ4v) is 2.16. The molecule has 0 bridgehead atoms. The van der Waals surface area contributed by atoms with Crippen LogP contribution < -0.4 is 16.1 Å². The number of ether oxygens (including phenoxy) is 1. The molecule has 0 atom stereocenters. The molecule has 3 N–H and O–H groups in total. The van der Waals surface area contributed by atoms with Gasteiger partial charge in [-0.15, -0.1) is 0 Å². The van der Waals surface area contributed by atoms with E-state index in [1.807, 2.05) is 12.1 Å². The number of hydrazone groups is 1.